The highest BCUT2D eigenvalue weighted by molar-refractivity contribution is 5.25. The fourth-order valence-electron chi connectivity index (χ4n) is 2.34. The third kappa shape index (κ3) is 3.28. The van der Waals surface area contributed by atoms with Gasteiger partial charge in [-0.3, -0.25) is 0 Å². The van der Waals surface area contributed by atoms with Gasteiger partial charge in [-0.15, -0.1) is 0 Å². The molecule has 1 aliphatic heterocycles. The second-order valence-electron chi connectivity index (χ2n) is 5.18. The number of benzene rings is 1. The average Bonchev–Trinajstić information content (AvgIpc) is 2.30. The molecule has 2 rings (SSSR count). The molecule has 1 aromatic carbocycles. The number of hydrogen-bond acceptors (Lipinski definition) is 2. The zero-order chi connectivity index (χ0) is 12.3. The van der Waals surface area contributed by atoms with Crippen LogP contribution in [-0.4, -0.2) is 38.0 Å². The van der Waals surface area contributed by atoms with Gasteiger partial charge in [-0.25, -0.2) is 0 Å². The SMILES string of the molecule is Cc1ccc([C@](C)(O)C[NH+]2CCOCC2)cc1. The molecule has 0 spiro atoms. The number of aliphatic hydroxyl groups is 1. The van der Waals surface area contributed by atoms with Crippen LogP contribution in [0.1, 0.15) is 18.1 Å². The Kier molecular flexibility index (Phi) is 3.82. The summed E-state index contributed by atoms with van der Waals surface area (Å²) in [5.74, 6) is 0. The molecule has 0 bridgehead atoms. The Morgan fingerprint density at radius 3 is 2.41 bits per heavy atom. The molecular weight excluding hydrogens is 214 g/mol. The quantitative estimate of drug-likeness (QED) is 0.781. The fraction of sp³-hybridized carbons (Fsp3) is 0.571. The van der Waals surface area contributed by atoms with Crippen LogP contribution in [0, 0.1) is 6.92 Å². The van der Waals surface area contributed by atoms with E-state index in [0.29, 0.717) is 0 Å². The van der Waals surface area contributed by atoms with Crippen molar-refractivity contribution in [2.24, 2.45) is 0 Å². The van der Waals surface area contributed by atoms with E-state index in [9.17, 15) is 5.11 Å². The Balaban J connectivity index is 2.04. The van der Waals surface area contributed by atoms with E-state index in [1.165, 1.54) is 10.5 Å². The van der Waals surface area contributed by atoms with Crippen molar-refractivity contribution in [2.45, 2.75) is 19.4 Å². The Morgan fingerprint density at radius 2 is 1.82 bits per heavy atom. The minimum Gasteiger partial charge on any atom is -0.380 e. The first-order chi connectivity index (χ1) is 8.08. The van der Waals surface area contributed by atoms with Gasteiger partial charge in [0, 0.05) is 0 Å². The number of rotatable bonds is 3. The molecule has 2 N–H and O–H groups in total. The molecule has 3 nitrogen and oxygen atoms in total. The molecule has 1 aliphatic rings. The van der Waals surface area contributed by atoms with Gasteiger partial charge in [-0.05, 0) is 19.4 Å². The molecular formula is C14H22NO2+. The lowest BCUT2D eigenvalue weighted by atomic mass is 9.94. The molecule has 3 heteroatoms. The number of hydrogen-bond donors (Lipinski definition) is 2. The minimum atomic E-state index is -0.750. The highest BCUT2D eigenvalue weighted by Gasteiger charge is 2.29. The zero-order valence-electron chi connectivity index (χ0n) is 10.7. The summed E-state index contributed by atoms with van der Waals surface area (Å²) in [6.07, 6.45) is 0. The summed E-state index contributed by atoms with van der Waals surface area (Å²) < 4.78 is 5.33. The van der Waals surface area contributed by atoms with Crippen molar-refractivity contribution in [1.29, 1.82) is 0 Å². The van der Waals surface area contributed by atoms with Crippen LogP contribution in [-0.2, 0) is 10.3 Å². The summed E-state index contributed by atoms with van der Waals surface area (Å²) in [6.45, 7) is 8.30. The van der Waals surface area contributed by atoms with Gasteiger partial charge in [0.15, 0.2) is 0 Å². The van der Waals surface area contributed by atoms with Crippen LogP contribution >= 0.6 is 0 Å². The van der Waals surface area contributed by atoms with E-state index in [0.717, 1.165) is 38.4 Å². The van der Waals surface area contributed by atoms with E-state index in [1.807, 2.05) is 19.1 Å². The molecule has 94 valence electrons. The molecule has 0 radical (unpaired) electrons. The van der Waals surface area contributed by atoms with E-state index >= 15 is 0 Å². The molecule has 0 unspecified atom stereocenters. The lowest BCUT2D eigenvalue weighted by molar-refractivity contribution is -0.915. The van der Waals surface area contributed by atoms with Crippen LogP contribution < -0.4 is 4.90 Å². The van der Waals surface area contributed by atoms with Crippen LogP contribution in [0.3, 0.4) is 0 Å². The molecule has 0 aliphatic carbocycles. The molecule has 1 atom stereocenters. The van der Waals surface area contributed by atoms with Gasteiger partial charge in [-0.2, -0.15) is 0 Å². The first-order valence-electron chi connectivity index (χ1n) is 6.29. The molecule has 1 aromatic rings. The monoisotopic (exact) mass is 236 g/mol. The zero-order valence-corrected chi connectivity index (χ0v) is 10.7. The van der Waals surface area contributed by atoms with Gasteiger partial charge < -0.3 is 14.7 Å². The molecule has 1 saturated heterocycles. The van der Waals surface area contributed by atoms with Crippen molar-refractivity contribution in [3.05, 3.63) is 35.4 Å². The van der Waals surface area contributed by atoms with Gasteiger partial charge in [0.1, 0.15) is 25.2 Å². The number of ether oxygens (including phenoxy) is 1. The summed E-state index contributed by atoms with van der Waals surface area (Å²) in [7, 11) is 0. The largest absolute Gasteiger partial charge is 0.380 e. The Labute approximate surface area is 103 Å². The van der Waals surface area contributed by atoms with E-state index in [1.54, 1.807) is 0 Å². The first kappa shape index (κ1) is 12.6. The van der Waals surface area contributed by atoms with Gasteiger partial charge in [0.05, 0.1) is 13.2 Å². The number of quaternary nitrogens is 1. The third-order valence-electron chi connectivity index (χ3n) is 3.47. The number of aryl methyl sites for hydroxylation is 1. The Morgan fingerprint density at radius 1 is 1.24 bits per heavy atom. The van der Waals surface area contributed by atoms with Crippen molar-refractivity contribution in [1.82, 2.24) is 0 Å². The predicted molar refractivity (Wildman–Crippen MR) is 67.1 cm³/mol. The summed E-state index contributed by atoms with van der Waals surface area (Å²) >= 11 is 0. The van der Waals surface area contributed by atoms with Gasteiger partial charge >= 0.3 is 0 Å². The number of nitrogens with one attached hydrogen (secondary N) is 1. The van der Waals surface area contributed by atoms with Crippen LogP contribution in [0.2, 0.25) is 0 Å². The van der Waals surface area contributed by atoms with E-state index < -0.39 is 5.60 Å². The van der Waals surface area contributed by atoms with Crippen molar-refractivity contribution in [3.8, 4) is 0 Å². The second kappa shape index (κ2) is 5.17. The summed E-state index contributed by atoms with van der Waals surface area (Å²) in [5, 5.41) is 10.6. The van der Waals surface area contributed by atoms with Gasteiger partial charge in [-0.1, -0.05) is 29.8 Å². The number of morpholine rings is 1. The standard InChI is InChI=1S/C14H21NO2/c1-12-3-5-13(6-4-12)14(2,16)11-15-7-9-17-10-8-15/h3-6,16H,7-11H2,1-2H3/p+1/t14-/m1/s1. The third-order valence-corrected chi connectivity index (χ3v) is 3.47. The van der Waals surface area contributed by atoms with Crippen molar-refractivity contribution < 1.29 is 14.7 Å². The van der Waals surface area contributed by atoms with Gasteiger partial charge in [0.2, 0.25) is 0 Å². The van der Waals surface area contributed by atoms with E-state index in [-0.39, 0.29) is 0 Å². The average molecular weight is 236 g/mol. The van der Waals surface area contributed by atoms with Crippen molar-refractivity contribution in [3.63, 3.8) is 0 Å². The van der Waals surface area contributed by atoms with Crippen molar-refractivity contribution in [2.75, 3.05) is 32.8 Å². The molecule has 17 heavy (non-hydrogen) atoms. The lowest BCUT2D eigenvalue weighted by Gasteiger charge is -2.31. The van der Waals surface area contributed by atoms with Crippen LogP contribution in [0.25, 0.3) is 0 Å². The molecule has 0 aromatic heterocycles. The smallest absolute Gasteiger partial charge is 0.135 e. The molecule has 0 amide bonds. The Bertz CT molecular complexity index is 353. The maximum atomic E-state index is 10.6. The maximum Gasteiger partial charge on any atom is 0.135 e. The highest BCUT2D eigenvalue weighted by Crippen LogP contribution is 2.19. The summed E-state index contributed by atoms with van der Waals surface area (Å²) in [5.41, 5.74) is 1.48. The summed E-state index contributed by atoms with van der Waals surface area (Å²) in [6, 6.07) is 8.15. The Hall–Kier alpha value is -0.900. The van der Waals surface area contributed by atoms with E-state index in [4.69, 9.17) is 4.74 Å². The second-order valence-corrected chi connectivity index (χ2v) is 5.18. The lowest BCUT2D eigenvalue weighted by Crippen LogP contribution is -3.15. The highest BCUT2D eigenvalue weighted by atomic mass is 16.5. The van der Waals surface area contributed by atoms with Crippen molar-refractivity contribution >= 4 is 0 Å². The molecule has 1 heterocycles. The topological polar surface area (TPSA) is 33.9 Å². The first-order valence-corrected chi connectivity index (χ1v) is 6.29. The van der Waals surface area contributed by atoms with Gasteiger partial charge in [0.25, 0.3) is 0 Å². The van der Waals surface area contributed by atoms with Crippen LogP contribution in [0.5, 0.6) is 0 Å². The minimum absolute atomic E-state index is 0.749. The normalized spacial score (nSPS) is 21.1. The van der Waals surface area contributed by atoms with Crippen LogP contribution in [0.4, 0.5) is 0 Å². The van der Waals surface area contributed by atoms with Crippen LogP contribution in [0.15, 0.2) is 24.3 Å². The van der Waals surface area contributed by atoms with E-state index in [2.05, 4.69) is 19.1 Å². The molecule has 1 fully saturated rings. The molecule has 0 saturated carbocycles. The predicted octanol–water partition coefficient (Wildman–Crippen LogP) is 0.118. The fourth-order valence-corrected chi connectivity index (χ4v) is 2.34. The maximum absolute atomic E-state index is 10.6. The summed E-state index contributed by atoms with van der Waals surface area (Å²) in [4.78, 5) is 1.42.